The first-order valence-electron chi connectivity index (χ1n) is 6.65. The Balaban J connectivity index is 2.24. The van der Waals surface area contributed by atoms with Crippen LogP contribution < -0.4 is 17.2 Å². The van der Waals surface area contributed by atoms with Crippen LogP contribution in [0.2, 0.25) is 0 Å². The van der Waals surface area contributed by atoms with Crippen LogP contribution in [-0.2, 0) is 4.79 Å². The topological polar surface area (TPSA) is 115 Å². The Morgan fingerprint density at radius 2 is 1.75 bits per heavy atom. The van der Waals surface area contributed by atoms with Crippen LogP contribution in [0.5, 0.6) is 0 Å². The quantitative estimate of drug-likeness (QED) is 0.685. The lowest BCUT2D eigenvalue weighted by Crippen LogP contribution is -2.48. The van der Waals surface area contributed by atoms with Crippen molar-refractivity contribution in [3.63, 3.8) is 0 Å². The van der Waals surface area contributed by atoms with E-state index in [-0.39, 0.29) is 23.8 Å². The molecule has 6 heteroatoms. The normalized spacial score (nSPS) is 22.6. The molecular formula is C14H20N4O2. The van der Waals surface area contributed by atoms with E-state index in [0.29, 0.717) is 23.5 Å². The number of hydrogen-bond acceptors (Lipinski definition) is 4. The molecule has 0 saturated carbocycles. The number of primary amides is 1. The van der Waals surface area contributed by atoms with Crippen molar-refractivity contribution in [2.75, 3.05) is 18.0 Å². The van der Waals surface area contributed by atoms with Gasteiger partial charge in [-0.2, -0.15) is 0 Å². The van der Waals surface area contributed by atoms with Crippen molar-refractivity contribution in [1.82, 2.24) is 4.90 Å². The van der Waals surface area contributed by atoms with Gasteiger partial charge in [-0.1, -0.05) is 0 Å². The van der Waals surface area contributed by atoms with E-state index in [2.05, 4.69) is 0 Å². The zero-order chi connectivity index (χ0) is 14.9. The van der Waals surface area contributed by atoms with E-state index in [0.717, 1.165) is 12.8 Å². The van der Waals surface area contributed by atoms with Crippen LogP contribution in [0.1, 0.15) is 30.1 Å². The number of hydrogen-bond donors (Lipinski definition) is 3. The first-order chi connectivity index (χ1) is 9.38. The fourth-order valence-electron chi connectivity index (χ4n) is 2.59. The molecule has 20 heavy (non-hydrogen) atoms. The molecule has 0 aliphatic carbocycles. The lowest BCUT2D eigenvalue weighted by atomic mass is 9.92. The van der Waals surface area contributed by atoms with Crippen LogP contribution in [0.15, 0.2) is 18.2 Å². The van der Waals surface area contributed by atoms with Gasteiger partial charge in [-0.15, -0.1) is 0 Å². The summed E-state index contributed by atoms with van der Waals surface area (Å²) >= 11 is 0. The summed E-state index contributed by atoms with van der Waals surface area (Å²) in [6.45, 7) is 2.31. The lowest BCUT2D eigenvalue weighted by Gasteiger charge is -2.37. The third-order valence-electron chi connectivity index (χ3n) is 3.77. The molecule has 0 radical (unpaired) electrons. The molecule has 1 aliphatic heterocycles. The molecule has 0 bridgehead atoms. The molecule has 1 aromatic rings. The number of carbonyl (C=O) groups excluding carboxylic acids is 2. The fraction of sp³-hybridized carbons (Fsp3) is 0.429. The van der Waals surface area contributed by atoms with Crippen molar-refractivity contribution in [3.05, 3.63) is 23.8 Å². The Kier molecular flexibility index (Phi) is 3.83. The smallest absolute Gasteiger partial charge is 0.254 e. The Morgan fingerprint density at radius 3 is 2.30 bits per heavy atom. The first-order valence-corrected chi connectivity index (χ1v) is 6.65. The Labute approximate surface area is 117 Å². The summed E-state index contributed by atoms with van der Waals surface area (Å²) in [5, 5.41) is 0. The second kappa shape index (κ2) is 5.40. The average Bonchev–Trinajstić information content (AvgIpc) is 2.37. The first kappa shape index (κ1) is 14.2. The van der Waals surface area contributed by atoms with Gasteiger partial charge in [0, 0.05) is 29.5 Å². The lowest BCUT2D eigenvalue weighted by molar-refractivity contribution is -0.123. The van der Waals surface area contributed by atoms with E-state index < -0.39 is 0 Å². The molecule has 2 amide bonds. The highest BCUT2D eigenvalue weighted by molar-refractivity contribution is 5.96. The summed E-state index contributed by atoms with van der Waals surface area (Å²) in [7, 11) is 0. The van der Waals surface area contributed by atoms with Crippen LogP contribution >= 0.6 is 0 Å². The van der Waals surface area contributed by atoms with Crippen LogP contribution in [0, 0.1) is 5.92 Å². The van der Waals surface area contributed by atoms with Crippen LogP contribution in [0.25, 0.3) is 0 Å². The van der Waals surface area contributed by atoms with Crippen molar-refractivity contribution in [2.24, 2.45) is 11.7 Å². The number of anilines is 2. The summed E-state index contributed by atoms with van der Waals surface area (Å²) in [4.78, 5) is 25.5. The maximum atomic E-state index is 12.5. The van der Waals surface area contributed by atoms with Crippen molar-refractivity contribution < 1.29 is 9.59 Å². The van der Waals surface area contributed by atoms with E-state index in [1.807, 2.05) is 6.92 Å². The molecule has 0 spiro atoms. The maximum absolute atomic E-state index is 12.5. The van der Waals surface area contributed by atoms with Crippen LogP contribution in [0.3, 0.4) is 0 Å². The predicted molar refractivity (Wildman–Crippen MR) is 77.7 cm³/mol. The van der Waals surface area contributed by atoms with Crippen LogP contribution in [-0.4, -0.2) is 29.3 Å². The predicted octanol–water partition coefficient (Wildman–Crippen LogP) is 0.577. The standard InChI is InChI=1S/C14H20N4O2/c1-8-2-3-9(13(17)19)7-18(8)14(20)10-4-11(15)6-12(16)5-10/h4-6,8-9H,2-3,7,15-16H2,1H3,(H2,17,19). The second-order valence-electron chi connectivity index (χ2n) is 5.37. The van der Waals surface area contributed by atoms with E-state index in [4.69, 9.17) is 17.2 Å². The Morgan fingerprint density at radius 1 is 1.15 bits per heavy atom. The van der Waals surface area contributed by atoms with Gasteiger partial charge in [0.05, 0.1) is 5.92 Å². The van der Waals surface area contributed by atoms with Gasteiger partial charge in [-0.05, 0) is 38.0 Å². The average molecular weight is 276 g/mol. The van der Waals surface area contributed by atoms with E-state index in [1.54, 1.807) is 23.1 Å². The van der Waals surface area contributed by atoms with Gasteiger partial charge >= 0.3 is 0 Å². The van der Waals surface area contributed by atoms with Gasteiger partial charge in [0.15, 0.2) is 0 Å². The summed E-state index contributed by atoms with van der Waals surface area (Å²) in [6.07, 6.45) is 1.48. The molecule has 0 aromatic heterocycles. The van der Waals surface area contributed by atoms with E-state index >= 15 is 0 Å². The molecule has 2 atom stereocenters. The number of rotatable bonds is 2. The number of likely N-dealkylation sites (tertiary alicyclic amines) is 1. The fourth-order valence-corrected chi connectivity index (χ4v) is 2.59. The van der Waals surface area contributed by atoms with Crippen LogP contribution in [0.4, 0.5) is 11.4 Å². The van der Waals surface area contributed by atoms with Crippen molar-refractivity contribution >= 4 is 23.2 Å². The van der Waals surface area contributed by atoms with Crippen molar-refractivity contribution in [1.29, 1.82) is 0 Å². The van der Waals surface area contributed by atoms with Gasteiger partial charge in [-0.3, -0.25) is 9.59 Å². The largest absolute Gasteiger partial charge is 0.399 e. The number of nitrogens with two attached hydrogens (primary N) is 3. The minimum Gasteiger partial charge on any atom is -0.399 e. The molecule has 2 rings (SSSR count). The van der Waals surface area contributed by atoms with Gasteiger partial charge in [0.2, 0.25) is 5.91 Å². The highest BCUT2D eigenvalue weighted by Crippen LogP contribution is 2.24. The summed E-state index contributed by atoms with van der Waals surface area (Å²) in [6, 6.07) is 4.86. The number of nitrogens with zero attached hydrogens (tertiary/aromatic N) is 1. The number of nitrogen functional groups attached to an aromatic ring is 2. The molecule has 6 nitrogen and oxygen atoms in total. The molecule has 1 aliphatic rings. The minimum atomic E-state index is -0.359. The number of benzene rings is 1. The maximum Gasteiger partial charge on any atom is 0.254 e. The van der Waals surface area contributed by atoms with E-state index in [9.17, 15) is 9.59 Å². The van der Waals surface area contributed by atoms with Gasteiger partial charge in [0.1, 0.15) is 0 Å². The van der Waals surface area contributed by atoms with Crippen molar-refractivity contribution in [2.45, 2.75) is 25.8 Å². The van der Waals surface area contributed by atoms with E-state index in [1.165, 1.54) is 0 Å². The number of amides is 2. The zero-order valence-corrected chi connectivity index (χ0v) is 11.5. The molecule has 1 saturated heterocycles. The molecule has 1 aromatic carbocycles. The summed E-state index contributed by atoms with van der Waals surface area (Å²) < 4.78 is 0. The number of carbonyl (C=O) groups is 2. The van der Waals surface area contributed by atoms with Gasteiger partial charge in [0.25, 0.3) is 5.91 Å². The molecule has 1 fully saturated rings. The zero-order valence-electron chi connectivity index (χ0n) is 11.5. The van der Waals surface area contributed by atoms with Gasteiger partial charge < -0.3 is 22.1 Å². The third-order valence-corrected chi connectivity index (χ3v) is 3.77. The minimum absolute atomic E-state index is 0.0701. The Bertz CT molecular complexity index is 524. The third kappa shape index (κ3) is 2.84. The SMILES string of the molecule is CC1CCC(C(N)=O)CN1C(=O)c1cc(N)cc(N)c1. The molecule has 6 N–H and O–H groups in total. The molecule has 2 unspecified atom stereocenters. The van der Waals surface area contributed by atoms with Crippen molar-refractivity contribution in [3.8, 4) is 0 Å². The second-order valence-corrected chi connectivity index (χ2v) is 5.37. The number of piperidine rings is 1. The summed E-state index contributed by atoms with van der Waals surface area (Å²) in [5.41, 5.74) is 18.1. The summed E-state index contributed by atoms with van der Waals surface area (Å²) in [5.74, 6) is -0.808. The Hall–Kier alpha value is -2.24. The highest BCUT2D eigenvalue weighted by Gasteiger charge is 2.32. The molecule has 1 heterocycles. The monoisotopic (exact) mass is 276 g/mol. The van der Waals surface area contributed by atoms with Gasteiger partial charge in [-0.25, -0.2) is 0 Å². The highest BCUT2D eigenvalue weighted by atomic mass is 16.2. The molecular weight excluding hydrogens is 256 g/mol. The molecule has 108 valence electrons.